The van der Waals surface area contributed by atoms with E-state index in [0.717, 1.165) is 32.1 Å². The van der Waals surface area contributed by atoms with E-state index in [4.69, 9.17) is 0 Å². The number of rotatable bonds is 3. The third kappa shape index (κ3) is 3.15. The molecule has 0 aliphatic heterocycles. The Bertz CT molecular complexity index is 473. The lowest BCUT2D eigenvalue weighted by atomic mass is 9.82. The minimum atomic E-state index is -0.593. The molecule has 104 valence electrons. The number of aliphatic hydroxyl groups is 1. The highest BCUT2D eigenvalue weighted by Crippen LogP contribution is 2.28. The number of benzene rings is 1. The van der Waals surface area contributed by atoms with Gasteiger partial charge in [0.25, 0.3) is 5.91 Å². The molecule has 2 rings (SSSR count). The second-order valence-corrected chi connectivity index (χ2v) is 5.91. The molecule has 2 N–H and O–H groups in total. The Morgan fingerprint density at radius 1 is 1.37 bits per heavy atom. The number of aliphatic hydroxyl groups excluding tert-OH is 1. The zero-order chi connectivity index (χ0) is 13.9. The smallest absolute Gasteiger partial charge is 0.254 e. The van der Waals surface area contributed by atoms with Gasteiger partial charge < -0.3 is 10.4 Å². The number of carbonyl (C=O) groups is 1. The second-order valence-electron chi connectivity index (χ2n) is 5.05. The third-order valence-corrected chi connectivity index (χ3v) is 4.30. The van der Waals surface area contributed by atoms with Gasteiger partial charge >= 0.3 is 0 Å². The van der Waals surface area contributed by atoms with Crippen LogP contribution in [-0.4, -0.2) is 23.2 Å². The first-order valence-electron chi connectivity index (χ1n) is 6.45. The maximum Gasteiger partial charge on any atom is 0.254 e. The summed E-state index contributed by atoms with van der Waals surface area (Å²) in [6, 6.07) is 4.62. The molecule has 3 nitrogen and oxygen atoms in total. The normalized spacial score (nSPS) is 18.1. The van der Waals surface area contributed by atoms with Crippen molar-refractivity contribution in [3.8, 4) is 0 Å². The third-order valence-electron chi connectivity index (χ3n) is 3.69. The fourth-order valence-corrected chi connectivity index (χ4v) is 2.90. The number of nitrogens with one attached hydrogen (secondary N) is 1. The number of halogens is 2. The molecule has 0 radical (unpaired) electrons. The van der Waals surface area contributed by atoms with E-state index < -0.39 is 17.3 Å². The van der Waals surface area contributed by atoms with Gasteiger partial charge in [-0.15, -0.1) is 0 Å². The minimum absolute atomic E-state index is 0.00720. The summed E-state index contributed by atoms with van der Waals surface area (Å²) in [6.45, 7) is -0.103. The number of hydrogen-bond donors (Lipinski definition) is 2. The van der Waals surface area contributed by atoms with Crippen LogP contribution in [0.15, 0.2) is 22.7 Å². The predicted molar refractivity (Wildman–Crippen MR) is 74.5 cm³/mol. The quantitative estimate of drug-likeness (QED) is 0.895. The van der Waals surface area contributed by atoms with E-state index in [9.17, 15) is 14.3 Å². The molecule has 1 aromatic rings. The van der Waals surface area contributed by atoms with Crippen molar-refractivity contribution in [3.63, 3.8) is 0 Å². The van der Waals surface area contributed by atoms with Gasteiger partial charge in [0.05, 0.1) is 22.2 Å². The van der Waals surface area contributed by atoms with Gasteiger partial charge in [0.2, 0.25) is 0 Å². The summed E-state index contributed by atoms with van der Waals surface area (Å²) < 4.78 is 14.1. The number of carbonyl (C=O) groups excluding carboxylic acids is 1. The van der Waals surface area contributed by atoms with Crippen molar-refractivity contribution < 1.29 is 14.3 Å². The number of amides is 1. The molecule has 0 bridgehead atoms. The SMILES string of the molecule is O=C(NC1(CO)CCCCC1)c1cccc(Br)c1F. The molecule has 1 saturated carbocycles. The summed E-state index contributed by atoms with van der Waals surface area (Å²) in [5, 5.41) is 12.4. The van der Waals surface area contributed by atoms with Crippen LogP contribution in [0.4, 0.5) is 4.39 Å². The van der Waals surface area contributed by atoms with Gasteiger partial charge in [-0.25, -0.2) is 4.39 Å². The maximum absolute atomic E-state index is 13.9. The highest BCUT2D eigenvalue weighted by Gasteiger charge is 2.33. The molecule has 1 fully saturated rings. The summed E-state index contributed by atoms with van der Waals surface area (Å²) in [5.41, 5.74) is -0.586. The summed E-state index contributed by atoms with van der Waals surface area (Å²) in [5.74, 6) is -1.03. The molecule has 0 aromatic heterocycles. The van der Waals surface area contributed by atoms with Gasteiger partial charge in [0, 0.05) is 0 Å². The second kappa shape index (κ2) is 6.01. The van der Waals surface area contributed by atoms with Gasteiger partial charge in [-0.2, -0.15) is 0 Å². The Hall–Kier alpha value is -0.940. The molecule has 1 amide bonds. The van der Waals surface area contributed by atoms with Gasteiger partial charge in [-0.3, -0.25) is 4.79 Å². The first kappa shape index (κ1) is 14.5. The van der Waals surface area contributed by atoms with E-state index in [1.165, 1.54) is 6.07 Å². The molecule has 0 unspecified atom stereocenters. The van der Waals surface area contributed by atoms with Crippen LogP contribution < -0.4 is 5.32 Å². The molecular weight excluding hydrogens is 313 g/mol. The van der Waals surface area contributed by atoms with Gasteiger partial charge in [0.1, 0.15) is 5.82 Å². The van der Waals surface area contributed by atoms with Crippen molar-refractivity contribution in [2.45, 2.75) is 37.6 Å². The minimum Gasteiger partial charge on any atom is -0.394 e. The fraction of sp³-hybridized carbons (Fsp3) is 0.500. The molecule has 19 heavy (non-hydrogen) atoms. The number of hydrogen-bond acceptors (Lipinski definition) is 2. The first-order chi connectivity index (χ1) is 9.08. The van der Waals surface area contributed by atoms with E-state index in [1.807, 2.05) is 0 Å². The predicted octanol–water partition coefficient (Wildman–Crippen LogP) is 3.01. The Morgan fingerprint density at radius 2 is 2.05 bits per heavy atom. The highest BCUT2D eigenvalue weighted by atomic mass is 79.9. The molecule has 0 saturated heterocycles. The largest absolute Gasteiger partial charge is 0.394 e. The van der Waals surface area contributed by atoms with Crippen molar-refractivity contribution in [2.75, 3.05) is 6.61 Å². The molecule has 0 heterocycles. The lowest BCUT2D eigenvalue weighted by Gasteiger charge is -2.36. The molecular formula is C14H17BrFNO2. The van der Waals surface area contributed by atoms with Crippen LogP contribution in [0, 0.1) is 5.82 Å². The van der Waals surface area contributed by atoms with Crippen LogP contribution in [0.25, 0.3) is 0 Å². The lowest BCUT2D eigenvalue weighted by molar-refractivity contribution is 0.0754. The van der Waals surface area contributed by atoms with E-state index >= 15 is 0 Å². The molecule has 1 aliphatic rings. The first-order valence-corrected chi connectivity index (χ1v) is 7.25. The standard InChI is InChI=1S/C14H17BrFNO2/c15-11-6-4-5-10(12(11)16)13(19)17-14(9-18)7-2-1-3-8-14/h4-6,18H,1-3,7-9H2,(H,17,19). The fourth-order valence-electron chi connectivity index (χ4n) is 2.54. The zero-order valence-electron chi connectivity index (χ0n) is 10.6. The molecule has 1 aromatic carbocycles. The van der Waals surface area contributed by atoms with E-state index in [2.05, 4.69) is 21.2 Å². The van der Waals surface area contributed by atoms with Crippen LogP contribution in [0.1, 0.15) is 42.5 Å². The topological polar surface area (TPSA) is 49.3 Å². The summed E-state index contributed by atoms with van der Waals surface area (Å²) in [7, 11) is 0. The van der Waals surface area contributed by atoms with Crippen LogP contribution in [0.3, 0.4) is 0 Å². The van der Waals surface area contributed by atoms with Gasteiger partial charge in [-0.05, 0) is 40.9 Å². The van der Waals surface area contributed by atoms with Crippen LogP contribution >= 0.6 is 15.9 Å². The Kier molecular flexibility index (Phi) is 4.58. The molecule has 5 heteroatoms. The summed E-state index contributed by atoms with van der Waals surface area (Å²) >= 11 is 3.07. The van der Waals surface area contributed by atoms with E-state index in [0.29, 0.717) is 0 Å². The molecule has 1 aliphatic carbocycles. The highest BCUT2D eigenvalue weighted by molar-refractivity contribution is 9.10. The van der Waals surface area contributed by atoms with Crippen molar-refractivity contribution >= 4 is 21.8 Å². The lowest BCUT2D eigenvalue weighted by Crippen LogP contribution is -2.52. The van der Waals surface area contributed by atoms with Crippen molar-refractivity contribution in [1.29, 1.82) is 0 Å². The van der Waals surface area contributed by atoms with Gasteiger partial charge in [-0.1, -0.05) is 25.3 Å². The zero-order valence-corrected chi connectivity index (χ0v) is 12.2. The van der Waals surface area contributed by atoms with Crippen LogP contribution in [0.5, 0.6) is 0 Å². The average molecular weight is 330 g/mol. The van der Waals surface area contributed by atoms with Crippen LogP contribution in [-0.2, 0) is 0 Å². The Labute approximate surface area is 120 Å². The monoisotopic (exact) mass is 329 g/mol. The molecule has 0 atom stereocenters. The van der Waals surface area contributed by atoms with Crippen molar-refractivity contribution in [2.24, 2.45) is 0 Å². The van der Waals surface area contributed by atoms with Gasteiger partial charge in [0.15, 0.2) is 0 Å². The van der Waals surface area contributed by atoms with E-state index in [1.54, 1.807) is 12.1 Å². The molecule has 0 spiro atoms. The summed E-state index contributed by atoms with van der Waals surface area (Å²) in [6.07, 6.45) is 4.54. The Morgan fingerprint density at radius 3 is 2.68 bits per heavy atom. The van der Waals surface area contributed by atoms with Crippen molar-refractivity contribution in [3.05, 3.63) is 34.1 Å². The Balaban J connectivity index is 2.17. The maximum atomic E-state index is 13.9. The van der Waals surface area contributed by atoms with Crippen molar-refractivity contribution in [1.82, 2.24) is 5.32 Å². The van der Waals surface area contributed by atoms with Crippen LogP contribution in [0.2, 0.25) is 0 Å². The average Bonchev–Trinajstić information content (AvgIpc) is 2.42. The van der Waals surface area contributed by atoms with E-state index in [-0.39, 0.29) is 16.6 Å². The summed E-state index contributed by atoms with van der Waals surface area (Å²) in [4.78, 5) is 12.2.